The van der Waals surface area contributed by atoms with Crippen LogP contribution in [-0.4, -0.2) is 28.2 Å². The first kappa shape index (κ1) is 17.2. The van der Waals surface area contributed by atoms with Crippen LogP contribution in [0.15, 0.2) is 43.0 Å². The van der Waals surface area contributed by atoms with E-state index in [0.717, 1.165) is 12.1 Å². The Balaban J connectivity index is 1.78. The van der Waals surface area contributed by atoms with Crippen molar-refractivity contribution in [1.29, 1.82) is 0 Å². The second kappa shape index (κ2) is 8.48. The Morgan fingerprint density at radius 3 is 2.52 bits per heavy atom. The number of carbonyl (C=O) groups is 1. The van der Waals surface area contributed by atoms with Gasteiger partial charge in [0, 0.05) is 32.1 Å². The Morgan fingerprint density at radius 2 is 1.91 bits per heavy atom. The zero-order valence-electron chi connectivity index (χ0n) is 14.0. The molecule has 1 N–H and O–H groups in total. The van der Waals surface area contributed by atoms with Crippen LogP contribution < -0.4 is 5.32 Å². The van der Waals surface area contributed by atoms with Gasteiger partial charge in [0.2, 0.25) is 5.91 Å². The first-order valence-corrected chi connectivity index (χ1v) is 7.97. The Bertz CT molecular complexity index is 591. The first-order chi connectivity index (χ1) is 11.0. The van der Waals surface area contributed by atoms with Gasteiger partial charge in [-0.1, -0.05) is 38.1 Å². The van der Waals surface area contributed by atoms with E-state index in [1.54, 1.807) is 19.4 Å². The molecule has 0 fully saturated rings. The van der Waals surface area contributed by atoms with E-state index < -0.39 is 6.10 Å². The van der Waals surface area contributed by atoms with E-state index in [1.165, 1.54) is 5.56 Å². The monoisotopic (exact) mass is 315 g/mol. The molecule has 124 valence electrons. The number of nitrogens with zero attached hydrogens (tertiary/aromatic N) is 2. The number of hydrogen-bond donors (Lipinski definition) is 1. The summed E-state index contributed by atoms with van der Waals surface area (Å²) >= 11 is 0. The number of ether oxygens (including phenoxy) is 1. The van der Waals surface area contributed by atoms with Crippen LogP contribution in [-0.2, 0) is 22.6 Å². The van der Waals surface area contributed by atoms with E-state index in [9.17, 15) is 4.79 Å². The van der Waals surface area contributed by atoms with Gasteiger partial charge in [-0.3, -0.25) is 4.79 Å². The van der Waals surface area contributed by atoms with Crippen LogP contribution in [0, 0.1) is 5.92 Å². The molecule has 0 aliphatic rings. The van der Waals surface area contributed by atoms with Crippen LogP contribution in [0.5, 0.6) is 0 Å². The summed E-state index contributed by atoms with van der Waals surface area (Å²) in [5.41, 5.74) is 2.27. The molecule has 2 rings (SSSR count). The smallest absolute Gasteiger partial charge is 0.249 e. The van der Waals surface area contributed by atoms with Crippen molar-refractivity contribution in [3.8, 4) is 0 Å². The Kier molecular flexibility index (Phi) is 6.35. The maximum atomic E-state index is 12.0. The van der Waals surface area contributed by atoms with E-state index in [4.69, 9.17) is 4.74 Å². The van der Waals surface area contributed by atoms with Gasteiger partial charge < -0.3 is 14.6 Å². The Hall–Kier alpha value is -2.14. The van der Waals surface area contributed by atoms with Crippen molar-refractivity contribution >= 4 is 5.91 Å². The number of hydrogen-bond acceptors (Lipinski definition) is 3. The summed E-state index contributed by atoms with van der Waals surface area (Å²) in [5.74, 6) is 0.349. The van der Waals surface area contributed by atoms with Crippen molar-refractivity contribution in [2.45, 2.75) is 40.0 Å². The molecular weight excluding hydrogens is 290 g/mol. The van der Waals surface area contributed by atoms with E-state index in [1.807, 2.05) is 22.9 Å². The summed E-state index contributed by atoms with van der Waals surface area (Å²) in [7, 11) is 0. The molecule has 2 aromatic rings. The van der Waals surface area contributed by atoms with E-state index in [0.29, 0.717) is 19.1 Å². The molecule has 5 nitrogen and oxygen atoms in total. The van der Waals surface area contributed by atoms with Crippen LogP contribution >= 0.6 is 0 Å². The van der Waals surface area contributed by atoms with Crippen LogP contribution in [0.25, 0.3) is 0 Å². The average Bonchev–Trinajstić information content (AvgIpc) is 3.04. The molecule has 23 heavy (non-hydrogen) atoms. The second-order valence-electron chi connectivity index (χ2n) is 6.14. The summed E-state index contributed by atoms with van der Waals surface area (Å²) in [6, 6.07) is 8.21. The minimum absolute atomic E-state index is 0.0758. The number of nitrogens with one attached hydrogen (secondary N) is 1. The molecule has 1 unspecified atom stereocenters. The number of aromatic nitrogens is 2. The zero-order valence-corrected chi connectivity index (χ0v) is 14.0. The third-order valence-corrected chi connectivity index (χ3v) is 3.46. The number of imidazole rings is 1. The molecule has 1 aromatic carbocycles. The van der Waals surface area contributed by atoms with Gasteiger partial charge in [0.05, 0.1) is 6.33 Å². The van der Waals surface area contributed by atoms with Crippen molar-refractivity contribution in [2.24, 2.45) is 5.92 Å². The molecule has 0 aliphatic heterocycles. The molecule has 1 heterocycles. The minimum Gasteiger partial charge on any atom is -0.368 e. The predicted octanol–water partition coefficient (Wildman–Crippen LogP) is 2.61. The van der Waals surface area contributed by atoms with Gasteiger partial charge >= 0.3 is 0 Å². The third kappa shape index (κ3) is 5.87. The molecule has 0 aliphatic carbocycles. The first-order valence-electron chi connectivity index (χ1n) is 7.97. The number of amides is 1. The van der Waals surface area contributed by atoms with E-state index in [-0.39, 0.29) is 5.91 Å². The number of carbonyl (C=O) groups excluding carboxylic acids is 1. The van der Waals surface area contributed by atoms with Gasteiger partial charge in [0.1, 0.15) is 6.10 Å². The SMILES string of the molecule is CC(C)COC(C)C(=O)NCc1ccc(Cn2ccnc2)cc1. The average molecular weight is 315 g/mol. The van der Waals surface area contributed by atoms with E-state index in [2.05, 4.69) is 36.3 Å². The van der Waals surface area contributed by atoms with Gasteiger partial charge in [-0.25, -0.2) is 4.98 Å². The highest BCUT2D eigenvalue weighted by atomic mass is 16.5. The highest BCUT2D eigenvalue weighted by Crippen LogP contribution is 2.07. The molecule has 1 atom stereocenters. The van der Waals surface area contributed by atoms with Gasteiger partial charge in [0.25, 0.3) is 0 Å². The molecule has 0 radical (unpaired) electrons. The maximum absolute atomic E-state index is 12.0. The number of benzene rings is 1. The molecule has 1 aromatic heterocycles. The highest BCUT2D eigenvalue weighted by Gasteiger charge is 2.13. The lowest BCUT2D eigenvalue weighted by atomic mass is 10.1. The molecule has 0 saturated carbocycles. The van der Waals surface area contributed by atoms with Crippen LogP contribution in [0.4, 0.5) is 0 Å². The summed E-state index contributed by atoms with van der Waals surface area (Å²) < 4.78 is 7.53. The maximum Gasteiger partial charge on any atom is 0.249 e. The lowest BCUT2D eigenvalue weighted by Crippen LogP contribution is -2.34. The van der Waals surface area contributed by atoms with E-state index >= 15 is 0 Å². The number of rotatable bonds is 8. The summed E-state index contributed by atoms with van der Waals surface area (Å²) in [6.45, 7) is 7.82. The zero-order chi connectivity index (χ0) is 16.7. The largest absolute Gasteiger partial charge is 0.368 e. The Labute approximate surface area is 137 Å². The van der Waals surface area contributed by atoms with Crippen molar-refractivity contribution in [3.63, 3.8) is 0 Å². The summed E-state index contributed by atoms with van der Waals surface area (Å²) in [6.07, 6.45) is 5.09. The minimum atomic E-state index is -0.419. The quantitative estimate of drug-likeness (QED) is 0.814. The predicted molar refractivity (Wildman–Crippen MR) is 89.9 cm³/mol. The fourth-order valence-electron chi connectivity index (χ4n) is 2.10. The third-order valence-electron chi connectivity index (χ3n) is 3.46. The molecule has 0 spiro atoms. The van der Waals surface area contributed by atoms with Gasteiger partial charge in [-0.15, -0.1) is 0 Å². The molecule has 0 bridgehead atoms. The normalized spacial score (nSPS) is 12.3. The summed E-state index contributed by atoms with van der Waals surface area (Å²) in [4.78, 5) is 16.0. The summed E-state index contributed by atoms with van der Waals surface area (Å²) in [5, 5.41) is 2.91. The van der Waals surface area contributed by atoms with Gasteiger partial charge in [-0.2, -0.15) is 0 Å². The van der Waals surface area contributed by atoms with Crippen LogP contribution in [0.2, 0.25) is 0 Å². The van der Waals surface area contributed by atoms with Gasteiger partial charge in [0.15, 0.2) is 0 Å². The lowest BCUT2D eigenvalue weighted by molar-refractivity contribution is -0.132. The molecule has 1 amide bonds. The lowest BCUT2D eigenvalue weighted by Gasteiger charge is -2.15. The van der Waals surface area contributed by atoms with Crippen LogP contribution in [0.1, 0.15) is 31.9 Å². The van der Waals surface area contributed by atoms with Crippen molar-refractivity contribution in [3.05, 3.63) is 54.1 Å². The highest BCUT2D eigenvalue weighted by molar-refractivity contribution is 5.80. The molecular formula is C18H25N3O2. The fraction of sp³-hybridized carbons (Fsp3) is 0.444. The standard InChI is InChI=1S/C18H25N3O2/c1-14(2)12-23-15(3)18(22)20-10-16-4-6-17(7-5-16)11-21-9-8-19-13-21/h4-9,13-15H,10-12H2,1-3H3,(H,20,22). The van der Waals surface area contributed by atoms with Crippen molar-refractivity contribution in [2.75, 3.05) is 6.61 Å². The van der Waals surface area contributed by atoms with Gasteiger partial charge in [-0.05, 0) is 24.0 Å². The van der Waals surface area contributed by atoms with Crippen molar-refractivity contribution < 1.29 is 9.53 Å². The fourth-order valence-corrected chi connectivity index (χ4v) is 2.10. The Morgan fingerprint density at radius 1 is 1.22 bits per heavy atom. The van der Waals surface area contributed by atoms with Crippen molar-refractivity contribution in [1.82, 2.24) is 14.9 Å². The molecule has 5 heteroatoms. The topological polar surface area (TPSA) is 56.1 Å². The second-order valence-corrected chi connectivity index (χ2v) is 6.14. The molecule has 0 saturated heterocycles. The van der Waals surface area contributed by atoms with Crippen LogP contribution in [0.3, 0.4) is 0 Å².